The quantitative estimate of drug-likeness (QED) is 0.876. The standard InChI is InChI=1S/C13H15BrClN/c1-9(8-16-12-4-5-12)6-10-2-3-11(15)7-13(10)14/h2-3,6-7,12,16H,4-5,8H2,1H3/b9-6-. The molecule has 86 valence electrons. The van der Waals surface area contributed by atoms with E-state index in [0.717, 1.165) is 22.1 Å². The predicted molar refractivity (Wildman–Crippen MR) is 73.8 cm³/mol. The molecule has 0 saturated heterocycles. The van der Waals surface area contributed by atoms with Gasteiger partial charge in [-0.25, -0.2) is 0 Å². The molecule has 0 unspecified atom stereocenters. The average molecular weight is 301 g/mol. The van der Waals surface area contributed by atoms with Gasteiger partial charge in [-0.2, -0.15) is 0 Å². The molecule has 0 heterocycles. The molecule has 1 aliphatic carbocycles. The van der Waals surface area contributed by atoms with Crippen molar-refractivity contribution in [3.63, 3.8) is 0 Å². The molecule has 0 radical (unpaired) electrons. The van der Waals surface area contributed by atoms with Gasteiger partial charge >= 0.3 is 0 Å². The van der Waals surface area contributed by atoms with E-state index in [-0.39, 0.29) is 0 Å². The monoisotopic (exact) mass is 299 g/mol. The minimum Gasteiger partial charge on any atom is -0.310 e. The number of benzene rings is 1. The molecule has 1 saturated carbocycles. The Morgan fingerprint density at radius 2 is 2.31 bits per heavy atom. The lowest BCUT2D eigenvalue weighted by Crippen LogP contribution is -2.18. The Morgan fingerprint density at radius 1 is 1.56 bits per heavy atom. The maximum Gasteiger partial charge on any atom is 0.0417 e. The van der Waals surface area contributed by atoms with Crippen LogP contribution in [0, 0.1) is 0 Å². The van der Waals surface area contributed by atoms with Gasteiger partial charge in [-0.1, -0.05) is 45.2 Å². The maximum absolute atomic E-state index is 5.90. The van der Waals surface area contributed by atoms with Gasteiger partial charge in [-0.15, -0.1) is 0 Å². The predicted octanol–water partition coefficient (Wildman–Crippen LogP) is 4.26. The lowest BCUT2D eigenvalue weighted by Gasteiger charge is -2.05. The van der Waals surface area contributed by atoms with Crippen molar-refractivity contribution >= 4 is 33.6 Å². The summed E-state index contributed by atoms with van der Waals surface area (Å²) in [6.45, 7) is 3.12. The van der Waals surface area contributed by atoms with E-state index in [4.69, 9.17) is 11.6 Å². The van der Waals surface area contributed by atoms with Crippen molar-refractivity contribution < 1.29 is 0 Å². The van der Waals surface area contributed by atoms with Crippen LogP contribution in [0.25, 0.3) is 6.08 Å². The van der Waals surface area contributed by atoms with E-state index in [0.29, 0.717) is 0 Å². The van der Waals surface area contributed by atoms with Gasteiger partial charge in [0.05, 0.1) is 0 Å². The van der Waals surface area contributed by atoms with Crippen LogP contribution in [0.4, 0.5) is 0 Å². The second-order valence-electron chi connectivity index (χ2n) is 4.31. The normalized spacial score (nSPS) is 16.6. The Morgan fingerprint density at radius 3 is 2.94 bits per heavy atom. The van der Waals surface area contributed by atoms with Gasteiger partial charge in [0, 0.05) is 22.1 Å². The molecule has 1 nitrogen and oxygen atoms in total. The van der Waals surface area contributed by atoms with E-state index < -0.39 is 0 Å². The van der Waals surface area contributed by atoms with Gasteiger partial charge in [-0.05, 0) is 37.5 Å². The summed E-state index contributed by atoms with van der Waals surface area (Å²) in [5.41, 5.74) is 2.52. The SMILES string of the molecule is C/C(=C/c1ccc(Cl)cc1Br)CNC1CC1. The van der Waals surface area contributed by atoms with Crippen LogP contribution in [-0.4, -0.2) is 12.6 Å². The van der Waals surface area contributed by atoms with Crippen LogP contribution in [0.5, 0.6) is 0 Å². The van der Waals surface area contributed by atoms with Gasteiger partial charge in [0.25, 0.3) is 0 Å². The summed E-state index contributed by atoms with van der Waals surface area (Å²) in [5.74, 6) is 0. The second-order valence-corrected chi connectivity index (χ2v) is 5.60. The van der Waals surface area contributed by atoms with Gasteiger partial charge in [0.1, 0.15) is 0 Å². The van der Waals surface area contributed by atoms with Crippen molar-refractivity contribution in [1.82, 2.24) is 5.32 Å². The summed E-state index contributed by atoms with van der Waals surface area (Å²) in [5, 5.41) is 4.26. The number of rotatable bonds is 4. The summed E-state index contributed by atoms with van der Waals surface area (Å²) < 4.78 is 1.05. The molecule has 0 aromatic heterocycles. The van der Waals surface area contributed by atoms with E-state index in [1.54, 1.807) is 0 Å². The molecule has 1 aromatic carbocycles. The third-order valence-corrected chi connectivity index (χ3v) is 3.53. The van der Waals surface area contributed by atoms with E-state index in [9.17, 15) is 0 Å². The van der Waals surface area contributed by atoms with Crippen LogP contribution < -0.4 is 5.32 Å². The number of halogens is 2. The molecule has 0 atom stereocenters. The van der Waals surface area contributed by atoms with Crippen LogP contribution in [0.2, 0.25) is 5.02 Å². The third-order valence-electron chi connectivity index (χ3n) is 2.61. The maximum atomic E-state index is 5.90. The molecule has 0 amide bonds. The molecule has 0 spiro atoms. The zero-order valence-electron chi connectivity index (χ0n) is 9.26. The Bertz CT molecular complexity index is 410. The zero-order valence-corrected chi connectivity index (χ0v) is 11.6. The Kier molecular flexibility index (Phi) is 4.06. The Labute approximate surface area is 110 Å². The fourth-order valence-electron chi connectivity index (χ4n) is 1.53. The van der Waals surface area contributed by atoms with Gasteiger partial charge in [0.15, 0.2) is 0 Å². The lowest BCUT2D eigenvalue weighted by atomic mass is 10.1. The van der Waals surface area contributed by atoms with E-state index in [2.05, 4.69) is 34.2 Å². The molecule has 1 aliphatic rings. The van der Waals surface area contributed by atoms with Crippen LogP contribution >= 0.6 is 27.5 Å². The molecule has 1 N–H and O–H groups in total. The Balaban J connectivity index is 2.01. The molecule has 0 aliphatic heterocycles. The summed E-state index contributed by atoms with van der Waals surface area (Å²) in [7, 11) is 0. The summed E-state index contributed by atoms with van der Waals surface area (Å²) in [6.07, 6.45) is 4.85. The van der Waals surface area contributed by atoms with E-state index in [1.165, 1.54) is 24.0 Å². The van der Waals surface area contributed by atoms with Crippen molar-refractivity contribution in [2.24, 2.45) is 0 Å². The summed E-state index contributed by atoms with van der Waals surface area (Å²) in [4.78, 5) is 0. The number of hydrogen-bond acceptors (Lipinski definition) is 1. The highest BCUT2D eigenvalue weighted by Gasteiger charge is 2.19. The van der Waals surface area contributed by atoms with Gasteiger partial charge in [-0.3, -0.25) is 0 Å². The molecule has 3 heteroatoms. The van der Waals surface area contributed by atoms with Crippen LogP contribution in [0.3, 0.4) is 0 Å². The van der Waals surface area contributed by atoms with Crippen molar-refractivity contribution in [3.05, 3.63) is 38.8 Å². The fourth-order valence-corrected chi connectivity index (χ4v) is 2.32. The minimum absolute atomic E-state index is 0.761. The van der Waals surface area contributed by atoms with Crippen molar-refractivity contribution in [2.75, 3.05) is 6.54 Å². The number of nitrogens with one attached hydrogen (secondary N) is 1. The molecule has 1 fully saturated rings. The molecule has 0 bridgehead atoms. The second kappa shape index (κ2) is 5.35. The largest absolute Gasteiger partial charge is 0.310 e. The summed E-state index contributed by atoms with van der Waals surface area (Å²) in [6, 6.07) is 6.64. The molecule has 1 aromatic rings. The first-order valence-electron chi connectivity index (χ1n) is 5.51. The van der Waals surface area contributed by atoms with Crippen LogP contribution in [0.15, 0.2) is 28.2 Å². The zero-order chi connectivity index (χ0) is 11.5. The van der Waals surface area contributed by atoms with Gasteiger partial charge < -0.3 is 5.32 Å². The molecule has 2 rings (SSSR count). The van der Waals surface area contributed by atoms with Crippen molar-refractivity contribution in [1.29, 1.82) is 0 Å². The van der Waals surface area contributed by atoms with Crippen LogP contribution in [0.1, 0.15) is 25.3 Å². The first-order chi connectivity index (χ1) is 7.65. The summed E-state index contributed by atoms with van der Waals surface area (Å²) >= 11 is 9.42. The highest BCUT2D eigenvalue weighted by atomic mass is 79.9. The molecular formula is C13H15BrClN. The first-order valence-corrected chi connectivity index (χ1v) is 6.68. The van der Waals surface area contributed by atoms with E-state index >= 15 is 0 Å². The first kappa shape index (κ1) is 12.2. The average Bonchev–Trinajstić information content (AvgIpc) is 3.03. The highest BCUT2D eigenvalue weighted by Crippen LogP contribution is 2.24. The van der Waals surface area contributed by atoms with Crippen molar-refractivity contribution in [3.8, 4) is 0 Å². The minimum atomic E-state index is 0.761. The lowest BCUT2D eigenvalue weighted by molar-refractivity contribution is 0.736. The topological polar surface area (TPSA) is 12.0 Å². The fraction of sp³-hybridized carbons (Fsp3) is 0.385. The smallest absolute Gasteiger partial charge is 0.0417 e. The Hall–Kier alpha value is -0.310. The third kappa shape index (κ3) is 3.62. The van der Waals surface area contributed by atoms with Crippen LogP contribution in [-0.2, 0) is 0 Å². The van der Waals surface area contributed by atoms with Crippen molar-refractivity contribution in [2.45, 2.75) is 25.8 Å². The highest BCUT2D eigenvalue weighted by molar-refractivity contribution is 9.10. The van der Waals surface area contributed by atoms with E-state index in [1.807, 2.05) is 18.2 Å². The van der Waals surface area contributed by atoms with Gasteiger partial charge in [0.2, 0.25) is 0 Å². The number of hydrogen-bond donors (Lipinski definition) is 1. The molecule has 16 heavy (non-hydrogen) atoms. The molecular weight excluding hydrogens is 286 g/mol.